The minimum Gasteiger partial charge on any atom is -0.467 e. The molecule has 1 amide bonds. The second kappa shape index (κ2) is 4.81. The van der Waals surface area contributed by atoms with Gasteiger partial charge < -0.3 is 15.8 Å². The van der Waals surface area contributed by atoms with Crippen molar-refractivity contribution in [2.75, 3.05) is 13.7 Å². The number of ether oxygens (including phenoxy) is 1. The van der Waals surface area contributed by atoms with Crippen molar-refractivity contribution < 1.29 is 14.3 Å². The standard InChI is InChI=1S/C8H16N2O3/c1-8(2,7(12)13-3)10-6(11)4-5-9/h4-5,9H2,1-3H3,(H,10,11). The summed E-state index contributed by atoms with van der Waals surface area (Å²) in [7, 11) is 1.28. The number of amides is 1. The van der Waals surface area contributed by atoms with Crippen molar-refractivity contribution in [2.45, 2.75) is 25.8 Å². The zero-order valence-electron chi connectivity index (χ0n) is 8.22. The summed E-state index contributed by atoms with van der Waals surface area (Å²) in [5, 5.41) is 2.51. The average molecular weight is 188 g/mol. The molecule has 0 rings (SSSR count). The van der Waals surface area contributed by atoms with Crippen LogP contribution in [-0.4, -0.2) is 31.1 Å². The average Bonchev–Trinajstić information content (AvgIpc) is 2.02. The number of methoxy groups -OCH3 is 1. The quantitative estimate of drug-likeness (QED) is 0.577. The molecule has 5 nitrogen and oxygen atoms in total. The summed E-state index contributed by atoms with van der Waals surface area (Å²) in [6.07, 6.45) is 0.209. The van der Waals surface area contributed by atoms with E-state index in [1.807, 2.05) is 0 Å². The Bertz CT molecular complexity index is 202. The normalized spacial score (nSPS) is 10.8. The van der Waals surface area contributed by atoms with Gasteiger partial charge in [0.25, 0.3) is 0 Å². The van der Waals surface area contributed by atoms with Crippen LogP contribution in [0.2, 0.25) is 0 Å². The largest absolute Gasteiger partial charge is 0.467 e. The van der Waals surface area contributed by atoms with E-state index < -0.39 is 11.5 Å². The van der Waals surface area contributed by atoms with E-state index in [0.717, 1.165) is 0 Å². The molecule has 0 aliphatic carbocycles. The molecule has 0 aliphatic rings. The van der Waals surface area contributed by atoms with Gasteiger partial charge in [0.05, 0.1) is 7.11 Å². The zero-order valence-corrected chi connectivity index (χ0v) is 8.22. The maximum absolute atomic E-state index is 11.1. The topological polar surface area (TPSA) is 81.4 Å². The van der Waals surface area contributed by atoms with Crippen LogP contribution in [0.1, 0.15) is 20.3 Å². The SMILES string of the molecule is COC(=O)C(C)(C)NC(=O)CCN. The monoisotopic (exact) mass is 188 g/mol. The van der Waals surface area contributed by atoms with Crippen LogP contribution in [-0.2, 0) is 14.3 Å². The van der Waals surface area contributed by atoms with E-state index >= 15 is 0 Å². The molecule has 0 aromatic carbocycles. The lowest BCUT2D eigenvalue weighted by atomic mass is 10.1. The summed E-state index contributed by atoms with van der Waals surface area (Å²) in [4.78, 5) is 22.2. The molecule has 0 saturated carbocycles. The fraction of sp³-hybridized carbons (Fsp3) is 0.750. The molecule has 0 aliphatic heterocycles. The maximum Gasteiger partial charge on any atom is 0.330 e. The second-order valence-electron chi connectivity index (χ2n) is 3.20. The molecule has 76 valence electrons. The zero-order chi connectivity index (χ0) is 10.5. The van der Waals surface area contributed by atoms with Gasteiger partial charge in [-0.2, -0.15) is 0 Å². The van der Waals surface area contributed by atoms with Gasteiger partial charge in [0.15, 0.2) is 0 Å². The van der Waals surface area contributed by atoms with Crippen LogP contribution in [0, 0.1) is 0 Å². The van der Waals surface area contributed by atoms with Crippen LogP contribution >= 0.6 is 0 Å². The molecule has 0 heterocycles. The predicted octanol–water partition coefficient (Wildman–Crippen LogP) is -0.597. The first-order valence-electron chi connectivity index (χ1n) is 4.03. The van der Waals surface area contributed by atoms with Crippen LogP contribution in [0.4, 0.5) is 0 Å². The van der Waals surface area contributed by atoms with E-state index in [0.29, 0.717) is 0 Å². The number of hydrogen-bond donors (Lipinski definition) is 2. The summed E-state index contributed by atoms with van der Waals surface area (Å²) >= 11 is 0. The number of rotatable bonds is 4. The van der Waals surface area contributed by atoms with E-state index in [-0.39, 0.29) is 18.9 Å². The molecule has 5 heteroatoms. The molecular formula is C8H16N2O3. The Morgan fingerprint density at radius 1 is 1.46 bits per heavy atom. The molecule has 0 spiro atoms. The second-order valence-corrected chi connectivity index (χ2v) is 3.20. The summed E-state index contributed by atoms with van der Waals surface area (Å²) in [5.41, 5.74) is 4.19. The van der Waals surface area contributed by atoms with Crippen LogP contribution in [0.5, 0.6) is 0 Å². The first-order valence-corrected chi connectivity index (χ1v) is 4.03. The predicted molar refractivity (Wildman–Crippen MR) is 47.9 cm³/mol. The highest BCUT2D eigenvalue weighted by molar-refractivity contribution is 5.87. The number of esters is 1. The Hall–Kier alpha value is -1.10. The molecule has 3 N–H and O–H groups in total. The molecule has 0 fully saturated rings. The van der Waals surface area contributed by atoms with E-state index in [4.69, 9.17) is 5.73 Å². The van der Waals surface area contributed by atoms with Gasteiger partial charge in [0.2, 0.25) is 5.91 Å². The molecular weight excluding hydrogens is 172 g/mol. The first-order chi connectivity index (χ1) is 5.94. The van der Waals surface area contributed by atoms with Gasteiger partial charge in [-0.3, -0.25) is 4.79 Å². The van der Waals surface area contributed by atoms with Crippen molar-refractivity contribution in [3.05, 3.63) is 0 Å². The van der Waals surface area contributed by atoms with Crippen LogP contribution < -0.4 is 11.1 Å². The number of nitrogens with two attached hydrogens (primary N) is 1. The van der Waals surface area contributed by atoms with Crippen molar-refractivity contribution in [3.8, 4) is 0 Å². The van der Waals surface area contributed by atoms with Crippen LogP contribution in [0.25, 0.3) is 0 Å². The highest BCUT2D eigenvalue weighted by Crippen LogP contribution is 2.04. The third kappa shape index (κ3) is 3.89. The first kappa shape index (κ1) is 11.9. The third-order valence-corrected chi connectivity index (χ3v) is 1.52. The van der Waals surface area contributed by atoms with Gasteiger partial charge in [-0.1, -0.05) is 0 Å². The summed E-state index contributed by atoms with van der Waals surface area (Å²) in [6, 6.07) is 0. The Labute approximate surface area is 77.6 Å². The van der Waals surface area contributed by atoms with Gasteiger partial charge in [-0.05, 0) is 13.8 Å². The molecule has 0 bridgehead atoms. The van der Waals surface area contributed by atoms with Gasteiger partial charge in [-0.15, -0.1) is 0 Å². The van der Waals surface area contributed by atoms with Gasteiger partial charge in [0.1, 0.15) is 5.54 Å². The van der Waals surface area contributed by atoms with E-state index in [1.165, 1.54) is 7.11 Å². The highest BCUT2D eigenvalue weighted by atomic mass is 16.5. The Kier molecular flexibility index (Phi) is 4.40. The van der Waals surface area contributed by atoms with Crippen molar-refractivity contribution >= 4 is 11.9 Å². The number of hydrogen-bond acceptors (Lipinski definition) is 4. The lowest BCUT2D eigenvalue weighted by Crippen LogP contribution is -2.50. The number of nitrogens with one attached hydrogen (secondary N) is 1. The van der Waals surface area contributed by atoms with E-state index in [9.17, 15) is 9.59 Å². The fourth-order valence-corrected chi connectivity index (χ4v) is 0.848. The van der Waals surface area contributed by atoms with E-state index in [2.05, 4.69) is 10.1 Å². The minimum absolute atomic E-state index is 0.209. The Morgan fingerprint density at radius 2 is 2.00 bits per heavy atom. The molecule has 0 unspecified atom stereocenters. The van der Waals surface area contributed by atoms with Crippen LogP contribution in [0.15, 0.2) is 0 Å². The van der Waals surface area contributed by atoms with Crippen molar-refractivity contribution in [1.82, 2.24) is 5.32 Å². The van der Waals surface area contributed by atoms with Gasteiger partial charge >= 0.3 is 5.97 Å². The molecule has 0 saturated heterocycles. The van der Waals surface area contributed by atoms with Gasteiger partial charge in [-0.25, -0.2) is 4.79 Å². The van der Waals surface area contributed by atoms with Crippen molar-refractivity contribution in [1.29, 1.82) is 0 Å². The molecule has 0 aromatic heterocycles. The van der Waals surface area contributed by atoms with E-state index in [1.54, 1.807) is 13.8 Å². The Morgan fingerprint density at radius 3 is 2.38 bits per heavy atom. The third-order valence-electron chi connectivity index (χ3n) is 1.52. The maximum atomic E-state index is 11.1. The van der Waals surface area contributed by atoms with Crippen LogP contribution in [0.3, 0.4) is 0 Å². The molecule has 0 aromatic rings. The van der Waals surface area contributed by atoms with Gasteiger partial charge in [0, 0.05) is 13.0 Å². The summed E-state index contributed by atoms with van der Waals surface area (Å²) in [5.74, 6) is -0.726. The minimum atomic E-state index is -0.985. The van der Waals surface area contributed by atoms with Crippen molar-refractivity contribution in [2.24, 2.45) is 5.73 Å². The lowest BCUT2D eigenvalue weighted by molar-refractivity contribution is -0.149. The molecule has 0 atom stereocenters. The summed E-state index contributed by atoms with van der Waals surface area (Å²) < 4.78 is 4.51. The molecule has 13 heavy (non-hydrogen) atoms. The number of carbonyl (C=O) groups is 2. The smallest absolute Gasteiger partial charge is 0.330 e. The molecule has 0 radical (unpaired) electrons. The fourth-order valence-electron chi connectivity index (χ4n) is 0.848. The number of carbonyl (C=O) groups excluding carboxylic acids is 2. The van der Waals surface area contributed by atoms with Crippen molar-refractivity contribution in [3.63, 3.8) is 0 Å². The highest BCUT2D eigenvalue weighted by Gasteiger charge is 2.29. The Balaban J connectivity index is 4.16. The lowest BCUT2D eigenvalue weighted by Gasteiger charge is -2.22. The summed E-state index contributed by atoms with van der Waals surface area (Å²) in [6.45, 7) is 3.42.